The molecule has 1 saturated heterocycles. The van der Waals surface area contributed by atoms with E-state index in [0.717, 1.165) is 0 Å². The standard InChI is InChI=1S/C11H19N3O4/c1-7(2-3-9(15)16)13-11(18)14-5-4-8(6-14)10(12)17/h7-8H,2-6H2,1H3,(H2,12,17)(H,13,18)(H,15,16). The molecule has 0 aromatic heterocycles. The first-order valence-corrected chi connectivity index (χ1v) is 5.96. The second kappa shape index (κ2) is 6.23. The van der Waals surface area contributed by atoms with Gasteiger partial charge in [-0.15, -0.1) is 0 Å². The molecule has 2 unspecified atom stereocenters. The van der Waals surface area contributed by atoms with Crippen molar-refractivity contribution in [2.75, 3.05) is 13.1 Å². The minimum atomic E-state index is -0.883. The van der Waals surface area contributed by atoms with Crippen LogP contribution in [0, 0.1) is 5.92 Å². The molecule has 3 amide bonds. The van der Waals surface area contributed by atoms with Crippen LogP contribution in [0.4, 0.5) is 4.79 Å². The van der Waals surface area contributed by atoms with Crippen LogP contribution in [0.2, 0.25) is 0 Å². The molecule has 0 spiro atoms. The summed E-state index contributed by atoms with van der Waals surface area (Å²) in [5.74, 6) is -1.54. The smallest absolute Gasteiger partial charge is 0.317 e. The van der Waals surface area contributed by atoms with Crippen molar-refractivity contribution in [1.82, 2.24) is 10.2 Å². The maximum atomic E-state index is 11.8. The van der Waals surface area contributed by atoms with E-state index in [0.29, 0.717) is 25.9 Å². The van der Waals surface area contributed by atoms with Gasteiger partial charge in [0, 0.05) is 25.6 Å². The molecule has 7 heteroatoms. The number of carbonyl (C=O) groups is 3. The molecule has 102 valence electrons. The van der Waals surface area contributed by atoms with Crippen molar-refractivity contribution in [1.29, 1.82) is 0 Å². The SMILES string of the molecule is CC(CCC(=O)O)NC(=O)N1CCC(C(N)=O)C1. The number of likely N-dealkylation sites (tertiary alicyclic amines) is 1. The highest BCUT2D eigenvalue weighted by Gasteiger charge is 2.29. The van der Waals surface area contributed by atoms with Crippen molar-refractivity contribution in [2.24, 2.45) is 11.7 Å². The zero-order valence-corrected chi connectivity index (χ0v) is 10.4. The molecule has 1 rings (SSSR count). The van der Waals surface area contributed by atoms with Gasteiger partial charge in [0.25, 0.3) is 0 Å². The van der Waals surface area contributed by atoms with E-state index in [1.807, 2.05) is 0 Å². The fourth-order valence-corrected chi connectivity index (χ4v) is 1.89. The molecule has 0 saturated carbocycles. The number of hydrogen-bond donors (Lipinski definition) is 3. The quantitative estimate of drug-likeness (QED) is 0.630. The van der Waals surface area contributed by atoms with E-state index in [-0.39, 0.29) is 30.3 Å². The summed E-state index contributed by atoms with van der Waals surface area (Å²) >= 11 is 0. The predicted molar refractivity (Wildman–Crippen MR) is 63.7 cm³/mol. The lowest BCUT2D eigenvalue weighted by Crippen LogP contribution is -2.43. The number of amides is 3. The Morgan fingerprint density at radius 3 is 2.67 bits per heavy atom. The molecular weight excluding hydrogens is 238 g/mol. The Hall–Kier alpha value is -1.79. The minimum Gasteiger partial charge on any atom is -0.481 e. The van der Waals surface area contributed by atoms with Gasteiger partial charge >= 0.3 is 12.0 Å². The summed E-state index contributed by atoms with van der Waals surface area (Å²) in [6, 6.07) is -0.474. The molecule has 7 nitrogen and oxygen atoms in total. The van der Waals surface area contributed by atoms with E-state index in [4.69, 9.17) is 10.8 Å². The molecule has 0 bridgehead atoms. The van der Waals surface area contributed by atoms with Gasteiger partial charge in [0.15, 0.2) is 0 Å². The van der Waals surface area contributed by atoms with E-state index in [9.17, 15) is 14.4 Å². The molecule has 2 atom stereocenters. The molecule has 1 heterocycles. The monoisotopic (exact) mass is 257 g/mol. The fraction of sp³-hybridized carbons (Fsp3) is 0.727. The van der Waals surface area contributed by atoms with Gasteiger partial charge in [0.2, 0.25) is 5.91 Å². The lowest BCUT2D eigenvalue weighted by Gasteiger charge is -2.20. The van der Waals surface area contributed by atoms with Crippen LogP contribution in [0.1, 0.15) is 26.2 Å². The zero-order valence-electron chi connectivity index (χ0n) is 10.4. The van der Waals surface area contributed by atoms with E-state index in [1.54, 1.807) is 6.92 Å². The third kappa shape index (κ3) is 4.23. The number of rotatable bonds is 5. The van der Waals surface area contributed by atoms with Crippen LogP contribution in [0.5, 0.6) is 0 Å². The third-order valence-electron chi connectivity index (χ3n) is 3.04. The van der Waals surface area contributed by atoms with Crippen LogP contribution in [0.25, 0.3) is 0 Å². The number of primary amides is 1. The van der Waals surface area contributed by atoms with Crippen molar-refractivity contribution < 1.29 is 19.5 Å². The lowest BCUT2D eigenvalue weighted by atomic mass is 10.1. The average Bonchev–Trinajstić information content (AvgIpc) is 2.75. The fourth-order valence-electron chi connectivity index (χ4n) is 1.89. The zero-order chi connectivity index (χ0) is 13.7. The number of nitrogens with two attached hydrogens (primary N) is 1. The number of aliphatic carboxylic acids is 1. The number of carboxylic acids is 1. The van der Waals surface area contributed by atoms with Crippen molar-refractivity contribution in [3.8, 4) is 0 Å². The van der Waals surface area contributed by atoms with Crippen molar-refractivity contribution in [2.45, 2.75) is 32.2 Å². The molecule has 1 aliphatic heterocycles. The second-order valence-electron chi connectivity index (χ2n) is 4.62. The number of carboxylic acid groups (broad SMARTS) is 1. The average molecular weight is 257 g/mol. The van der Waals surface area contributed by atoms with Crippen LogP contribution in [0.15, 0.2) is 0 Å². The van der Waals surface area contributed by atoms with Gasteiger partial charge in [-0.25, -0.2) is 4.79 Å². The van der Waals surface area contributed by atoms with Crippen molar-refractivity contribution >= 4 is 17.9 Å². The Balaban J connectivity index is 2.33. The van der Waals surface area contributed by atoms with Crippen LogP contribution in [-0.4, -0.2) is 47.0 Å². The van der Waals surface area contributed by atoms with Gasteiger partial charge < -0.3 is 21.1 Å². The first-order chi connectivity index (χ1) is 8.40. The number of urea groups is 1. The molecule has 0 aliphatic carbocycles. The molecule has 0 aromatic carbocycles. The summed E-state index contributed by atoms with van der Waals surface area (Å²) in [6.07, 6.45) is 0.992. The van der Waals surface area contributed by atoms with Gasteiger partial charge in [-0.2, -0.15) is 0 Å². The van der Waals surface area contributed by atoms with Gasteiger partial charge in [-0.3, -0.25) is 9.59 Å². The van der Waals surface area contributed by atoms with Gasteiger partial charge in [-0.05, 0) is 19.8 Å². The van der Waals surface area contributed by atoms with E-state index in [1.165, 1.54) is 4.90 Å². The molecule has 18 heavy (non-hydrogen) atoms. The summed E-state index contributed by atoms with van der Waals surface area (Å²) in [4.78, 5) is 34.7. The topological polar surface area (TPSA) is 113 Å². The Bertz CT molecular complexity index is 345. The Morgan fingerprint density at radius 2 is 2.17 bits per heavy atom. The number of hydrogen-bond acceptors (Lipinski definition) is 3. The second-order valence-corrected chi connectivity index (χ2v) is 4.62. The number of carbonyl (C=O) groups excluding carboxylic acids is 2. The van der Waals surface area contributed by atoms with E-state index >= 15 is 0 Å². The van der Waals surface area contributed by atoms with Crippen LogP contribution < -0.4 is 11.1 Å². The minimum absolute atomic E-state index is 0.0192. The maximum Gasteiger partial charge on any atom is 0.317 e. The number of nitrogens with zero attached hydrogens (tertiary/aromatic N) is 1. The third-order valence-corrected chi connectivity index (χ3v) is 3.04. The summed E-state index contributed by atoms with van der Waals surface area (Å²) in [5, 5.41) is 11.2. The molecule has 0 aromatic rings. The lowest BCUT2D eigenvalue weighted by molar-refractivity contribution is -0.137. The van der Waals surface area contributed by atoms with E-state index < -0.39 is 5.97 Å². The van der Waals surface area contributed by atoms with Crippen molar-refractivity contribution in [3.63, 3.8) is 0 Å². The first-order valence-electron chi connectivity index (χ1n) is 5.96. The van der Waals surface area contributed by atoms with Crippen LogP contribution >= 0.6 is 0 Å². The summed E-state index contributed by atoms with van der Waals surface area (Å²) in [7, 11) is 0. The highest BCUT2D eigenvalue weighted by molar-refractivity contribution is 5.80. The van der Waals surface area contributed by atoms with Gasteiger partial charge in [-0.1, -0.05) is 0 Å². The highest BCUT2D eigenvalue weighted by Crippen LogP contribution is 2.15. The first kappa shape index (κ1) is 14.3. The van der Waals surface area contributed by atoms with E-state index in [2.05, 4.69) is 5.32 Å². The van der Waals surface area contributed by atoms with Gasteiger partial charge in [0.05, 0.1) is 5.92 Å². The van der Waals surface area contributed by atoms with Gasteiger partial charge in [0.1, 0.15) is 0 Å². The predicted octanol–water partition coefficient (Wildman–Crippen LogP) is -0.243. The van der Waals surface area contributed by atoms with Crippen molar-refractivity contribution in [3.05, 3.63) is 0 Å². The molecule has 1 aliphatic rings. The van der Waals surface area contributed by atoms with Crippen LogP contribution in [0.3, 0.4) is 0 Å². The molecular formula is C11H19N3O4. The highest BCUT2D eigenvalue weighted by atomic mass is 16.4. The summed E-state index contributed by atoms with van der Waals surface area (Å²) in [5.41, 5.74) is 5.18. The molecule has 4 N–H and O–H groups in total. The number of nitrogens with one attached hydrogen (secondary N) is 1. The Kier molecular flexibility index (Phi) is 4.94. The maximum absolute atomic E-state index is 11.8. The Morgan fingerprint density at radius 1 is 1.50 bits per heavy atom. The normalized spacial score (nSPS) is 20.5. The summed E-state index contributed by atoms with van der Waals surface area (Å²) < 4.78 is 0. The Labute approximate surface area is 105 Å². The molecule has 0 radical (unpaired) electrons. The largest absolute Gasteiger partial charge is 0.481 e. The van der Waals surface area contributed by atoms with Crippen LogP contribution in [-0.2, 0) is 9.59 Å². The molecule has 1 fully saturated rings. The summed E-state index contributed by atoms with van der Waals surface area (Å²) in [6.45, 7) is 2.60.